The SMILES string of the molecule is O=C(Nn1nc2ccccc2n1)c1cc(C(=O)Nn2nc3ccccc3n2)cc(C(=O)Nn2nc3ccccc3n2)c1. The zero-order chi connectivity index (χ0) is 28.6. The van der Waals surface area contributed by atoms with E-state index in [-0.39, 0.29) is 16.7 Å². The van der Waals surface area contributed by atoms with Crippen LogP contribution >= 0.6 is 0 Å². The minimum absolute atomic E-state index is 0.00803. The van der Waals surface area contributed by atoms with Gasteiger partial charge in [0.15, 0.2) is 0 Å². The van der Waals surface area contributed by atoms with Crippen molar-refractivity contribution in [2.45, 2.75) is 0 Å². The number of benzene rings is 4. The Bertz CT molecular complexity index is 1810. The largest absolute Gasteiger partial charge is 0.272 e. The maximum Gasteiger partial charge on any atom is 0.272 e. The van der Waals surface area contributed by atoms with Crippen molar-refractivity contribution >= 4 is 50.8 Å². The molecular weight excluding hydrogens is 540 g/mol. The van der Waals surface area contributed by atoms with Gasteiger partial charge in [0, 0.05) is 16.7 Å². The lowest BCUT2D eigenvalue weighted by Crippen LogP contribution is -2.29. The fourth-order valence-corrected chi connectivity index (χ4v) is 4.22. The number of carbonyl (C=O) groups excluding carboxylic acids is 3. The molecule has 3 N–H and O–H groups in total. The minimum Gasteiger partial charge on any atom is -0.267 e. The fraction of sp³-hybridized carbons (Fsp3) is 0. The van der Waals surface area contributed by atoms with Gasteiger partial charge in [-0.25, -0.2) is 16.3 Å². The van der Waals surface area contributed by atoms with Crippen LogP contribution < -0.4 is 16.3 Å². The Balaban J connectivity index is 1.20. The van der Waals surface area contributed by atoms with Crippen LogP contribution in [0, 0.1) is 0 Å². The van der Waals surface area contributed by atoms with E-state index in [4.69, 9.17) is 0 Å². The average molecular weight is 559 g/mol. The molecular formula is C27H18N12O3. The molecule has 0 aliphatic rings. The molecule has 15 nitrogen and oxygen atoms in total. The van der Waals surface area contributed by atoms with E-state index in [0.717, 1.165) is 14.7 Å². The molecule has 0 aliphatic heterocycles. The van der Waals surface area contributed by atoms with E-state index in [1.807, 2.05) is 0 Å². The summed E-state index contributed by atoms with van der Waals surface area (Å²) in [5.74, 6) is -1.99. The molecule has 15 heteroatoms. The van der Waals surface area contributed by atoms with E-state index in [9.17, 15) is 14.4 Å². The quantitative estimate of drug-likeness (QED) is 0.275. The Kier molecular flexibility index (Phi) is 5.78. The standard InChI is InChI=1S/C27H18N12O3/c40-25(34-37-28-19-7-1-2-8-20(19)29-37)16-13-17(26(41)35-38-30-21-9-3-4-10-22(21)31-38)15-18(14-16)27(42)36-39-32-23-11-5-6-12-24(23)33-39/h1-15H,(H,34,40)(H,35,41)(H,36,42). The van der Waals surface area contributed by atoms with Crippen molar-refractivity contribution in [3.05, 3.63) is 108 Å². The van der Waals surface area contributed by atoms with Gasteiger partial charge in [0.25, 0.3) is 17.7 Å². The van der Waals surface area contributed by atoms with Crippen LogP contribution in [0.15, 0.2) is 91.0 Å². The van der Waals surface area contributed by atoms with Crippen molar-refractivity contribution in [2.75, 3.05) is 16.3 Å². The summed E-state index contributed by atoms with van der Waals surface area (Å²) < 4.78 is 0. The van der Waals surface area contributed by atoms with E-state index >= 15 is 0 Å². The number of rotatable bonds is 6. The van der Waals surface area contributed by atoms with Gasteiger partial charge in [-0.1, -0.05) is 51.1 Å². The first-order valence-electron chi connectivity index (χ1n) is 12.5. The van der Waals surface area contributed by atoms with Gasteiger partial charge in [0.2, 0.25) is 0 Å². The summed E-state index contributed by atoms with van der Waals surface area (Å²) in [6.45, 7) is 0. The Labute approximate surface area is 234 Å². The van der Waals surface area contributed by atoms with Crippen LogP contribution in [0.4, 0.5) is 0 Å². The van der Waals surface area contributed by atoms with Crippen LogP contribution in [0.25, 0.3) is 33.1 Å². The predicted molar refractivity (Wildman–Crippen MR) is 150 cm³/mol. The molecule has 0 bridgehead atoms. The Morgan fingerprint density at radius 2 is 0.619 bits per heavy atom. The van der Waals surface area contributed by atoms with E-state index in [0.29, 0.717) is 33.1 Å². The summed E-state index contributed by atoms with van der Waals surface area (Å²) in [6, 6.07) is 25.3. The van der Waals surface area contributed by atoms with Crippen LogP contribution in [-0.4, -0.2) is 63.0 Å². The van der Waals surface area contributed by atoms with E-state index in [1.165, 1.54) is 18.2 Å². The molecule has 3 aromatic heterocycles. The van der Waals surface area contributed by atoms with Gasteiger partial charge in [-0.3, -0.25) is 14.4 Å². The van der Waals surface area contributed by atoms with Crippen molar-refractivity contribution in [3.8, 4) is 0 Å². The number of carbonyl (C=O) groups is 3. The smallest absolute Gasteiger partial charge is 0.267 e. The highest BCUT2D eigenvalue weighted by Crippen LogP contribution is 2.14. The average Bonchev–Trinajstić information content (AvgIpc) is 3.72. The molecule has 0 saturated carbocycles. The lowest BCUT2D eigenvalue weighted by atomic mass is 10.0. The highest BCUT2D eigenvalue weighted by atomic mass is 16.2. The zero-order valence-corrected chi connectivity index (χ0v) is 21.4. The van der Waals surface area contributed by atoms with Crippen LogP contribution in [0.5, 0.6) is 0 Å². The van der Waals surface area contributed by atoms with Crippen molar-refractivity contribution in [1.29, 1.82) is 0 Å². The summed E-state index contributed by atoms with van der Waals surface area (Å²) in [5.41, 5.74) is 11.1. The van der Waals surface area contributed by atoms with Crippen LogP contribution in [0.3, 0.4) is 0 Å². The van der Waals surface area contributed by atoms with E-state index in [1.54, 1.807) is 72.8 Å². The topological polar surface area (TPSA) is 179 Å². The third-order valence-electron chi connectivity index (χ3n) is 6.18. The molecule has 7 aromatic rings. The van der Waals surface area contributed by atoms with Gasteiger partial charge in [-0.2, -0.15) is 0 Å². The van der Waals surface area contributed by atoms with Crippen molar-refractivity contribution in [1.82, 2.24) is 45.3 Å². The van der Waals surface area contributed by atoms with Gasteiger partial charge < -0.3 is 0 Å². The molecule has 0 aliphatic carbocycles. The molecule has 0 atom stereocenters. The molecule has 0 radical (unpaired) electrons. The van der Waals surface area contributed by atoms with Crippen molar-refractivity contribution < 1.29 is 14.4 Å². The Morgan fingerprint density at radius 3 is 0.833 bits per heavy atom. The monoisotopic (exact) mass is 558 g/mol. The third-order valence-corrected chi connectivity index (χ3v) is 6.18. The van der Waals surface area contributed by atoms with Crippen LogP contribution in [0.1, 0.15) is 31.1 Å². The Hall–Kier alpha value is -6.51. The summed E-state index contributed by atoms with van der Waals surface area (Å²) in [7, 11) is 0. The lowest BCUT2D eigenvalue weighted by molar-refractivity contribution is 0.100. The summed E-state index contributed by atoms with van der Waals surface area (Å²) in [5, 5.41) is 25.3. The number of aromatic nitrogens is 9. The minimum atomic E-state index is -0.662. The molecule has 3 amide bonds. The van der Waals surface area contributed by atoms with Gasteiger partial charge in [0.05, 0.1) is 0 Å². The maximum atomic E-state index is 13.3. The molecule has 204 valence electrons. The summed E-state index contributed by atoms with van der Waals surface area (Å²) in [4.78, 5) is 42.8. The summed E-state index contributed by atoms with van der Waals surface area (Å²) in [6.07, 6.45) is 0. The molecule has 4 aromatic carbocycles. The normalized spacial score (nSPS) is 11.1. The number of amides is 3. The van der Waals surface area contributed by atoms with Gasteiger partial charge in [-0.15, -0.1) is 30.6 Å². The van der Waals surface area contributed by atoms with Crippen molar-refractivity contribution in [2.24, 2.45) is 0 Å². The van der Waals surface area contributed by atoms with Gasteiger partial charge in [-0.05, 0) is 54.6 Å². The molecule has 0 spiro atoms. The number of hydrogen-bond acceptors (Lipinski definition) is 9. The van der Waals surface area contributed by atoms with Crippen molar-refractivity contribution in [3.63, 3.8) is 0 Å². The second-order valence-electron chi connectivity index (χ2n) is 9.06. The van der Waals surface area contributed by atoms with E-state index < -0.39 is 17.7 Å². The third kappa shape index (κ3) is 4.73. The first kappa shape index (κ1) is 24.5. The number of hydrogen-bond donors (Lipinski definition) is 3. The van der Waals surface area contributed by atoms with Crippen LogP contribution in [-0.2, 0) is 0 Å². The molecule has 42 heavy (non-hydrogen) atoms. The van der Waals surface area contributed by atoms with Gasteiger partial charge >= 0.3 is 0 Å². The maximum absolute atomic E-state index is 13.3. The fourth-order valence-electron chi connectivity index (χ4n) is 4.22. The number of fused-ring (bicyclic) bond motifs is 3. The van der Waals surface area contributed by atoms with Gasteiger partial charge in [0.1, 0.15) is 33.1 Å². The van der Waals surface area contributed by atoms with Crippen LogP contribution in [0.2, 0.25) is 0 Å². The predicted octanol–water partition coefficient (Wildman–Crippen LogP) is 2.07. The lowest BCUT2D eigenvalue weighted by Gasteiger charge is -2.10. The second kappa shape index (κ2) is 9.91. The highest BCUT2D eigenvalue weighted by molar-refractivity contribution is 6.09. The summed E-state index contributed by atoms with van der Waals surface area (Å²) >= 11 is 0. The molecule has 0 unspecified atom stereocenters. The zero-order valence-electron chi connectivity index (χ0n) is 21.4. The first-order valence-corrected chi connectivity index (χ1v) is 12.5. The molecule has 3 heterocycles. The molecule has 0 saturated heterocycles. The Morgan fingerprint density at radius 1 is 0.405 bits per heavy atom. The number of nitrogens with one attached hydrogen (secondary N) is 3. The first-order chi connectivity index (χ1) is 20.5. The van der Waals surface area contributed by atoms with E-state index in [2.05, 4.69) is 46.9 Å². The molecule has 7 rings (SSSR count). The molecule has 0 fully saturated rings. The second-order valence-corrected chi connectivity index (χ2v) is 9.06. The highest BCUT2D eigenvalue weighted by Gasteiger charge is 2.19. The number of nitrogens with zero attached hydrogens (tertiary/aromatic N) is 9.